The number of Topliss-reactive ketones (excluding diaryl/α,β-unsaturated/α-hetero) is 1. The standard InChI is InChI=1S/C9H13NO3/c11-7-4-3-6-2-1-5-10(8(6)7)9(12)13/h6,8H,1-5H2,(H,12,13). The van der Waals surface area contributed by atoms with Gasteiger partial charge >= 0.3 is 6.09 Å². The third-order valence-corrected chi connectivity index (χ3v) is 3.09. The van der Waals surface area contributed by atoms with Crippen LogP contribution in [0.15, 0.2) is 0 Å². The lowest BCUT2D eigenvalue weighted by atomic mass is 9.92. The molecule has 2 unspecified atom stereocenters. The first-order chi connectivity index (χ1) is 6.20. The van der Waals surface area contributed by atoms with Crippen molar-refractivity contribution in [3.05, 3.63) is 0 Å². The maximum atomic E-state index is 11.4. The molecule has 1 N–H and O–H groups in total. The van der Waals surface area contributed by atoms with E-state index < -0.39 is 6.09 Å². The Balaban J connectivity index is 2.19. The van der Waals surface area contributed by atoms with Gasteiger partial charge in [-0.3, -0.25) is 9.69 Å². The summed E-state index contributed by atoms with van der Waals surface area (Å²) in [5.41, 5.74) is 0. The summed E-state index contributed by atoms with van der Waals surface area (Å²) in [6.07, 6.45) is 2.43. The van der Waals surface area contributed by atoms with Gasteiger partial charge in [-0.1, -0.05) is 0 Å². The molecule has 0 aromatic rings. The van der Waals surface area contributed by atoms with Crippen molar-refractivity contribution in [2.24, 2.45) is 5.92 Å². The molecule has 0 aromatic carbocycles. The molecule has 4 heteroatoms. The summed E-state index contributed by atoms with van der Waals surface area (Å²) in [5.74, 6) is 0.421. The number of hydrogen-bond donors (Lipinski definition) is 1. The van der Waals surface area contributed by atoms with Crippen LogP contribution in [0.4, 0.5) is 4.79 Å². The molecule has 2 fully saturated rings. The second-order valence-electron chi connectivity index (χ2n) is 3.83. The molecule has 1 aliphatic carbocycles. The smallest absolute Gasteiger partial charge is 0.407 e. The van der Waals surface area contributed by atoms with Gasteiger partial charge in [-0.25, -0.2) is 4.79 Å². The fraction of sp³-hybridized carbons (Fsp3) is 0.778. The van der Waals surface area contributed by atoms with Gasteiger partial charge in [0.1, 0.15) is 0 Å². The molecule has 72 valence electrons. The number of carbonyl (C=O) groups excluding carboxylic acids is 1. The number of ketones is 1. The van der Waals surface area contributed by atoms with Gasteiger partial charge in [0.05, 0.1) is 6.04 Å². The third-order valence-electron chi connectivity index (χ3n) is 3.09. The molecule has 1 saturated carbocycles. The Morgan fingerprint density at radius 1 is 1.46 bits per heavy atom. The second kappa shape index (κ2) is 3.01. The molecule has 4 nitrogen and oxygen atoms in total. The number of carboxylic acid groups (broad SMARTS) is 1. The highest BCUT2D eigenvalue weighted by molar-refractivity contribution is 5.89. The van der Waals surface area contributed by atoms with E-state index in [1.807, 2.05) is 0 Å². The molecular weight excluding hydrogens is 170 g/mol. The summed E-state index contributed by atoms with van der Waals surface area (Å²) in [5, 5.41) is 8.88. The first kappa shape index (κ1) is 8.53. The minimum atomic E-state index is -0.940. The van der Waals surface area contributed by atoms with Crippen molar-refractivity contribution in [3.8, 4) is 0 Å². The van der Waals surface area contributed by atoms with Crippen molar-refractivity contribution in [1.82, 2.24) is 4.90 Å². The van der Waals surface area contributed by atoms with Crippen LogP contribution in [-0.2, 0) is 4.79 Å². The highest BCUT2D eigenvalue weighted by Crippen LogP contribution is 2.34. The normalized spacial score (nSPS) is 33.2. The number of piperidine rings is 1. The highest BCUT2D eigenvalue weighted by Gasteiger charge is 2.42. The van der Waals surface area contributed by atoms with Crippen molar-refractivity contribution in [2.75, 3.05) is 6.54 Å². The number of hydrogen-bond acceptors (Lipinski definition) is 2. The molecule has 1 aliphatic heterocycles. The van der Waals surface area contributed by atoms with E-state index in [1.165, 1.54) is 4.90 Å². The molecule has 1 saturated heterocycles. The van der Waals surface area contributed by atoms with Crippen LogP contribution in [0.25, 0.3) is 0 Å². The molecule has 1 heterocycles. The zero-order chi connectivity index (χ0) is 9.42. The Bertz CT molecular complexity index is 251. The molecule has 0 aromatic heterocycles. The fourth-order valence-electron chi connectivity index (χ4n) is 2.50. The van der Waals surface area contributed by atoms with Crippen LogP contribution in [-0.4, -0.2) is 34.5 Å². The van der Waals surface area contributed by atoms with Gasteiger partial charge < -0.3 is 5.11 Å². The van der Waals surface area contributed by atoms with Gasteiger partial charge in [0, 0.05) is 13.0 Å². The van der Waals surface area contributed by atoms with Crippen LogP contribution in [0, 0.1) is 5.92 Å². The molecule has 2 atom stereocenters. The zero-order valence-corrected chi connectivity index (χ0v) is 7.40. The van der Waals surface area contributed by atoms with E-state index in [1.54, 1.807) is 0 Å². The first-order valence-electron chi connectivity index (χ1n) is 4.72. The molecule has 2 aliphatic rings. The van der Waals surface area contributed by atoms with Gasteiger partial charge in [-0.15, -0.1) is 0 Å². The average Bonchev–Trinajstić information content (AvgIpc) is 2.48. The molecule has 0 spiro atoms. The maximum Gasteiger partial charge on any atom is 0.407 e. The third kappa shape index (κ3) is 1.30. The summed E-state index contributed by atoms with van der Waals surface area (Å²) in [6, 6.07) is -0.314. The van der Waals surface area contributed by atoms with Crippen LogP contribution >= 0.6 is 0 Å². The summed E-state index contributed by atoms with van der Waals surface area (Å²) in [7, 11) is 0. The summed E-state index contributed by atoms with van der Waals surface area (Å²) < 4.78 is 0. The lowest BCUT2D eigenvalue weighted by Gasteiger charge is -2.34. The Morgan fingerprint density at radius 3 is 2.92 bits per heavy atom. The monoisotopic (exact) mass is 183 g/mol. The number of nitrogens with zero attached hydrogens (tertiary/aromatic N) is 1. The van der Waals surface area contributed by atoms with Crippen molar-refractivity contribution in [1.29, 1.82) is 0 Å². The summed E-state index contributed by atoms with van der Waals surface area (Å²) >= 11 is 0. The van der Waals surface area contributed by atoms with Gasteiger partial charge in [0.25, 0.3) is 0 Å². The topological polar surface area (TPSA) is 57.6 Å². The summed E-state index contributed by atoms with van der Waals surface area (Å²) in [4.78, 5) is 23.6. The van der Waals surface area contributed by atoms with Crippen molar-refractivity contribution in [2.45, 2.75) is 31.7 Å². The molecule has 1 amide bonds. The summed E-state index contributed by atoms with van der Waals surface area (Å²) in [6.45, 7) is 0.530. The molecule has 0 bridgehead atoms. The Kier molecular flexibility index (Phi) is 1.98. The zero-order valence-electron chi connectivity index (χ0n) is 7.40. The van der Waals surface area contributed by atoms with Gasteiger partial charge in [-0.05, 0) is 25.2 Å². The van der Waals surface area contributed by atoms with Crippen LogP contribution < -0.4 is 0 Å². The van der Waals surface area contributed by atoms with Gasteiger partial charge in [-0.2, -0.15) is 0 Å². The number of rotatable bonds is 0. The van der Waals surface area contributed by atoms with E-state index in [0.717, 1.165) is 19.3 Å². The maximum absolute atomic E-state index is 11.4. The van der Waals surface area contributed by atoms with E-state index in [-0.39, 0.29) is 11.8 Å². The predicted molar refractivity (Wildman–Crippen MR) is 45.5 cm³/mol. The quantitative estimate of drug-likeness (QED) is 0.612. The Labute approximate surface area is 76.5 Å². The Hall–Kier alpha value is -1.06. The minimum absolute atomic E-state index is 0.118. The first-order valence-corrected chi connectivity index (χ1v) is 4.72. The van der Waals surface area contributed by atoms with E-state index in [4.69, 9.17) is 5.11 Å². The molecule has 13 heavy (non-hydrogen) atoms. The van der Waals surface area contributed by atoms with Gasteiger partial charge in [0.15, 0.2) is 5.78 Å². The fourth-order valence-corrected chi connectivity index (χ4v) is 2.50. The van der Waals surface area contributed by atoms with E-state index >= 15 is 0 Å². The molecular formula is C9H13NO3. The number of fused-ring (bicyclic) bond motifs is 1. The van der Waals surface area contributed by atoms with E-state index in [9.17, 15) is 9.59 Å². The SMILES string of the molecule is O=C1CCC2CCCN(C(=O)O)C12. The molecule has 0 radical (unpaired) electrons. The number of carbonyl (C=O) groups is 2. The lowest BCUT2D eigenvalue weighted by Crippen LogP contribution is -2.48. The largest absolute Gasteiger partial charge is 0.465 e. The Morgan fingerprint density at radius 2 is 2.23 bits per heavy atom. The highest BCUT2D eigenvalue weighted by atomic mass is 16.4. The predicted octanol–water partition coefficient (Wildman–Crippen LogP) is 1.11. The average molecular weight is 183 g/mol. The number of amides is 1. The van der Waals surface area contributed by atoms with Crippen LogP contribution in [0.2, 0.25) is 0 Å². The van der Waals surface area contributed by atoms with Crippen molar-refractivity contribution < 1.29 is 14.7 Å². The van der Waals surface area contributed by atoms with Crippen LogP contribution in [0.3, 0.4) is 0 Å². The van der Waals surface area contributed by atoms with Crippen LogP contribution in [0.1, 0.15) is 25.7 Å². The van der Waals surface area contributed by atoms with Crippen molar-refractivity contribution >= 4 is 11.9 Å². The van der Waals surface area contributed by atoms with E-state index in [2.05, 4.69) is 0 Å². The lowest BCUT2D eigenvalue weighted by molar-refractivity contribution is -0.122. The van der Waals surface area contributed by atoms with E-state index in [0.29, 0.717) is 18.9 Å². The second-order valence-corrected chi connectivity index (χ2v) is 3.83. The number of likely N-dealkylation sites (tertiary alicyclic amines) is 1. The van der Waals surface area contributed by atoms with Crippen molar-refractivity contribution in [3.63, 3.8) is 0 Å². The minimum Gasteiger partial charge on any atom is -0.465 e. The van der Waals surface area contributed by atoms with Gasteiger partial charge in [0.2, 0.25) is 0 Å². The molecule has 2 rings (SSSR count). The van der Waals surface area contributed by atoms with Crippen LogP contribution in [0.5, 0.6) is 0 Å².